The second-order valence-corrected chi connectivity index (χ2v) is 7.41. The highest BCUT2D eigenvalue weighted by Gasteiger charge is 2.56. The topological polar surface area (TPSA) is 50.4 Å². The molecule has 0 aromatic heterocycles. The fourth-order valence-electron chi connectivity index (χ4n) is 4.44. The highest BCUT2D eigenvalue weighted by Crippen LogP contribution is 2.54. The molecule has 4 nitrogen and oxygen atoms in total. The number of ether oxygens (including phenoxy) is 1. The largest absolute Gasteiger partial charge is 0.378 e. The zero-order valence-corrected chi connectivity index (χ0v) is 15.2. The molecule has 1 spiro atoms. The van der Waals surface area contributed by atoms with Gasteiger partial charge >= 0.3 is 0 Å². The molecule has 2 aliphatic carbocycles. The van der Waals surface area contributed by atoms with E-state index < -0.39 is 0 Å². The Kier molecular flexibility index (Phi) is 5.74. The van der Waals surface area contributed by atoms with Crippen molar-refractivity contribution in [2.45, 2.75) is 70.7 Å². The smallest absolute Gasteiger partial charge is 0.237 e. The maximum atomic E-state index is 12.9. The van der Waals surface area contributed by atoms with Crippen LogP contribution in [0.3, 0.4) is 0 Å². The van der Waals surface area contributed by atoms with E-state index in [-0.39, 0.29) is 23.2 Å². The second kappa shape index (κ2) is 7.83. The Morgan fingerprint density at radius 2 is 2.00 bits per heavy atom. The number of carbonyl (C=O) groups excluding carboxylic acids is 1. The third-order valence-corrected chi connectivity index (χ3v) is 5.91. The molecule has 138 valence electrons. The van der Waals surface area contributed by atoms with Gasteiger partial charge in [0.15, 0.2) is 0 Å². The summed E-state index contributed by atoms with van der Waals surface area (Å²) in [5.41, 5.74) is 1.12. The molecule has 2 aliphatic rings. The van der Waals surface area contributed by atoms with E-state index in [1.165, 1.54) is 37.8 Å². The van der Waals surface area contributed by atoms with Gasteiger partial charge in [0, 0.05) is 24.6 Å². The summed E-state index contributed by atoms with van der Waals surface area (Å²) in [6, 6.07) is 6.33. The van der Waals surface area contributed by atoms with E-state index in [4.69, 9.17) is 4.74 Å². The minimum absolute atomic E-state index is 0.0164. The molecule has 0 heterocycles. The van der Waals surface area contributed by atoms with Crippen LogP contribution >= 0.6 is 0 Å². The summed E-state index contributed by atoms with van der Waals surface area (Å²) < 4.78 is 18.9. The monoisotopic (exact) mass is 348 g/mol. The third kappa shape index (κ3) is 3.87. The Hall–Kier alpha value is -1.46. The van der Waals surface area contributed by atoms with Gasteiger partial charge in [-0.1, -0.05) is 25.0 Å². The van der Waals surface area contributed by atoms with Crippen LogP contribution in [0, 0.1) is 11.2 Å². The Labute approximate surface area is 149 Å². The predicted molar refractivity (Wildman–Crippen MR) is 95.6 cm³/mol. The van der Waals surface area contributed by atoms with Crippen molar-refractivity contribution >= 4 is 5.91 Å². The summed E-state index contributed by atoms with van der Waals surface area (Å²) >= 11 is 0. The number of halogens is 1. The molecule has 3 atom stereocenters. The first-order valence-electron chi connectivity index (χ1n) is 9.45. The highest BCUT2D eigenvalue weighted by atomic mass is 19.1. The maximum Gasteiger partial charge on any atom is 0.237 e. The molecular weight excluding hydrogens is 319 g/mol. The number of rotatable bonds is 7. The molecule has 0 bridgehead atoms. The van der Waals surface area contributed by atoms with E-state index in [1.807, 2.05) is 6.92 Å². The lowest BCUT2D eigenvalue weighted by atomic mass is 9.60. The Bertz CT molecular complexity index is 584. The van der Waals surface area contributed by atoms with Crippen LogP contribution in [0.4, 0.5) is 4.39 Å². The minimum atomic E-state index is -0.263. The Balaban J connectivity index is 1.50. The van der Waals surface area contributed by atoms with Crippen LogP contribution in [0.5, 0.6) is 0 Å². The molecule has 1 aromatic rings. The molecule has 2 saturated carbocycles. The highest BCUT2D eigenvalue weighted by molar-refractivity contribution is 5.81. The van der Waals surface area contributed by atoms with Gasteiger partial charge in [-0.05, 0) is 50.8 Å². The van der Waals surface area contributed by atoms with Gasteiger partial charge in [-0.15, -0.1) is 0 Å². The number of nitrogens with one attached hydrogen (secondary N) is 2. The average Bonchev–Trinajstić information content (AvgIpc) is 3.13. The van der Waals surface area contributed by atoms with Gasteiger partial charge in [0.25, 0.3) is 0 Å². The lowest BCUT2D eigenvalue weighted by molar-refractivity contribution is -0.138. The van der Waals surface area contributed by atoms with Crippen molar-refractivity contribution in [3.63, 3.8) is 0 Å². The van der Waals surface area contributed by atoms with Gasteiger partial charge in [0.05, 0.1) is 12.1 Å². The number of benzene rings is 1. The van der Waals surface area contributed by atoms with Crippen LogP contribution in [-0.2, 0) is 16.1 Å². The van der Waals surface area contributed by atoms with Crippen LogP contribution < -0.4 is 10.6 Å². The summed E-state index contributed by atoms with van der Waals surface area (Å²) in [6.45, 7) is 5.14. The summed E-state index contributed by atoms with van der Waals surface area (Å²) in [6.07, 6.45) is 6.23. The quantitative estimate of drug-likeness (QED) is 0.796. The van der Waals surface area contributed by atoms with E-state index in [0.717, 1.165) is 18.6 Å². The molecule has 1 amide bonds. The third-order valence-electron chi connectivity index (χ3n) is 5.91. The molecular formula is C20H29FN2O2. The van der Waals surface area contributed by atoms with Crippen molar-refractivity contribution < 1.29 is 13.9 Å². The van der Waals surface area contributed by atoms with Crippen molar-refractivity contribution in [3.8, 4) is 0 Å². The summed E-state index contributed by atoms with van der Waals surface area (Å²) in [7, 11) is 0. The summed E-state index contributed by atoms with van der Waals surface area (Å²) in [5.74, 6) is -0.279. The lowest BCUT2D eigenvalue weighted by Crippen LogP contribution is -2.65. The van der Waals surface area contributed by atoms with Gasteiger partial charge in [0.1, 0.15) is 5.82 Å². The molecule has 0 unspecified atom stereocenters. The lowest BCUT2D eigenvalue weighted by Gasteiger charge is -2.55. The SMILES string of the molecule is CCO[C@@H]1C[C@@H](N[C@@H](C)C(=O)NCc2ccc(F)cc2)C12CCCC2. The number of hydrogen-bond acceptors (Lipinski definition) is 3. The van der Waals surface area contributed by atoms with Gasteiger partial charge in [-0.2, -0.15) is 0 Å². The summed E-state index contributed by atoms with van der Waals surface area (Å²) in [5, 5.41) is 6.46. The minimum Gasteiger partial charge on any atom is -0.378 e. The first kappa shape index (κ1) is 18.3. The molecule has 5 heteroatoms. The fraction of sp³-hybridized carbons (Fsp3) is 0.650. The van der Waals surface area contributed by atoms with Crippen LogP contribution in [-0.4, -0.2) is 30.7 Å². The number of hydrogen-bond donors (Lipinski definition) is 2. The fourth-order valence-corrected chi connectivity index (χ4v) is 4.44. The zero-order chi connectivity index (χ0) is 17.9. The first-order chi connectivity index (χ1) is 12.0. The standard InChI is InChI=1S/C20H29FN2O2/c1-3-25-18-12-17(20(18)10-4-5-11-20)23-14(2)19(24)22-13-15-6-8-16(21)9-7-15/h6-9,14,17-18,23H,3-5,10-13H2,1-2H3,(H,22,24)/t14-,17+,18+/m0/s1. The van der Waals surface area contributed by atoms with Crippen LogP contribution in [0.15, 0.2) is 24.3 Å². The summed E-state index contributed by atoms with van der Waals surface area (Å²) in [4.78, 5) is 12.4. The van der Waals surface area contributed by atoms with Gasteiger partial charge in [0.2, 0.25) is 5.91 Å². The van der Waals surface area contributed by atoms with Crippen LogP contribution in [0.2, 0.25) is 0 Å². The maximum absolute atomic E-state index is 12.9. The van der Waals surface area contributed by atoms with Gasteiger partial charge in [-0.25, -0.2) is 4.39 Å². The van der Waals surface area contributed by atoms with Gasteiger partial charge < -0.3 is 15.4 Å². The number of amides is 1. The van der Waals surface area contributed by atoms with Crippen molar-refractivity contribution in [2.75, 3.05) is 6.61 Å². The normalized spacial score (nSPS) is 25.6. The van der Waals surface area contributed by atoms with Crippen molar-refractivity contribution in [1.82, 2.24) is 10.6 Å². The van der Waals surface area contributed by atoms with Crippen LogP contribution in [0.25, 0.3) is 0 Å². The second-order valence-electron chi connectivity index (χ2n) is 7.41. The predicted octanol–water partition coefficient (Wildman–Crippen LogP) is 3.16. The number of carbonyl (C=O) groups is 1. The van der Waals surface area contributed by atoms with Crippen molar-refractivity contribution in [1.29, 1.82) is 0 Å². The molecule has 3 rings (SSSR count). The van der Waals surface area contributed by atoms with Crippen molar-refractivity contribution in [2.24, 2.45) is 5.41 Å². The van der Waals surface area contributed by atoms with E-state index in [0.29, 0.717) is 18.7 Å². The molecule has 0 radical (unpaired) electrons. The first-order valence-corrected chi connectivity index (χ1v) is 9.45. The molecule has 1 aromatic carbocycles. The molecule has 2 N–H and O–H groups in total. The van der Waals surface area contributed by atoms with Crippen LogP contribution in [0.1, 0.15) is 51.5 Å². The van der Waals surface area contributed by atoms with E-state index in [1.54, 1.807) is 12.1 Å². The van der Waals surface area contributed by atoms with E-state index in [2.05, 4.69) is 17.6 Å². The van der Waals surface area contributed by atoms with Gasteiger partial charge in [-0.3, -0.25) is 4.79 Å². The molecule has 0 aliphatic heterocycles. The zero-order valence-electron chi connectivity index (χ0n) is 15.2. The Morgan fingerprint density at radius 1 is 1.32 bits per heavy atom. The molecule has 0 saturated heterocycles. The average molecular weight is 348 g/mol. The Morgan fingerprint density at radius 3 is 2.64 bits per heavy atom. The van der Waals surface area contributed by atoms with E-state index >= 15 is 0 Å². The molecule has 2 fully saturated rings. The van der Waals surface area contributed by atoms with E-state index in [9.17, 15) is 9.18 Å². The van der Waals surface area contributed by atoms with Crippen molar-refractivity contribution in [3.05, 3.63) is 35.6 Å². The molecule has 25 heavy (non-hydrogen) atoms.